The lowest BCUT2D eigenvalue weighted by molar-refractivity contribution is -0.141. The molecule has 5 rings (SSSR count). The number of rotatable bonds is 2. The van der Waals surface area contributed by atoms with Crippen LogP contribution in [0.3, 0.4) is 0 Å². The van der Waals surface area contributed by atoms with E-state index in [4.69, 9.17) is 0 Å². The maximum Gasteiger partial charge on any atom is 0.433 e. The minimum atomic E-state index is -4.52. The van der Waals surface area contributed by atoms with Gasteiger partial charge < -0.3 is 10.6 Å². The molecule has 1 saturated heterocycles. The summed E-state index contributed by atoms with van der Waals surface area (Å²) in [5.74, 6) is 0.945. The molecule has 0 bridgehead atoms. The average molecular weight is 361 g/mol. The molecule has 2 atom stereocenters. The summed E-state index contributed by atoms with van der Waals surface area (Å²) in [6.45, 7) is 0. The summed E-state index contributed by atoms with van der Waals surface area (Å²) in [4.78, 5) is 19.9. The molecule has 0 aromatic carbocycles. The third-order valence-corrected chi connectivity index (χ3v) is 4.83. The highest BCUT2D eigenvalue weighted by molar-refractivity contribution is 5.83. The van der Waals surface area contributed by atoms with Gasteiger partial charge in [0.15, 0.2) is 5.65 Å². The van der Waals surface area contributed by atoms with Gasteiger partial charge in [0.2, 0.25) is 0 Å². The van der Waals surface area contributed by atoms with Gasteiger partial charge in [-0.05, 0) is 37.1 Å². The van der Waals surface area contributed by atoms with Crippen LogP contribution >= 0.6 is 0 Å². The van der Waals surface area contributed by atoms with Crippen molar-refractivity contribution < 1.29 is 18.0 Å². The summed E-state index contributed by atoms with van der Waals surface area (Å²) < 4.78 is 41.0. The zero-order valence-corrected chi connectivity index (χ0v) is 13.4. The fraction of sp³-hybridized carbons (Fsp3) is 0.353. The number of halogens is 3. The molecular formula is C17H14F3N5O. The third-order valence-electron chi connectivity index (χ3n) is 4.83. The molecule has 3 aliphatic rings. The topological polar surface area (TPSA) is 71.8 Å². The number of nitrogens with one attached hydrogen (secondary N) is 2. The summed E-state index contributed by atoms with van der Waals surface area (Å²) >= 11 is 0. The number of carbonyl (C=O) groups is 1. The minimum absolute atomic E-state index is 0.163. The second-order valence-electron chi connectivity index (χ2n) is 6.74. The van der Waals surface area contributed by atoms with Crippen LogP contribution in [0.15, 0.2) is 30.4 Å². The van der Waals surface area contributed by atoms with Crippen LogP contribution in [0.2, 0.25) is 0 Å². The number of urea groups is 1. The molecule has 2 fully saturated rings. The number of fused-ring (bicyclic) bond motifs is 2. The van der Waals surface area contributed by atoms with Crippen molar-refractivity contribution in [2.75, 3.05) is 0 Å². The van der Waals surface area contributed by atoms with E-state index in [1.54, 1.807) is 10.6 Å². The van der Waals surface area contributed by atoms with E-state index in [9.17, 15) is 18.0 Å². The largest absolute Gasteiger partial charge is 0.433 e. The molecule has 0 spiro atoms. The predicted octanol–water partition coefficient (Wildman–Crippen LogP) is 2.79. The normalized spacial score (nSPS) is 25.0. The molecule has 0 radical (unpaired) electrons. The van der Waals surface area contributed by atoms with Crippen LogP contribution in [0.4, 0.5) is 18.0 Å². The van der Waals surface area contributed by atoms with E-state index < -0.39 is 11.9 Å². The van der Waals surface area contributed by atoms with Crippen molar-refractivity contribution >= 4 is 22.9 Å². The molecule has 2 unspecified atom stereocenters. The molecule has 2 aliphatic carbocycles. The molecule has 2 aromatic rings. The van der Waals surface area contributed by atoms with Crippen LogP contribution < -0.4 is 10.6 Å². The zero-order chi connectivity index (χ0) is 18.1. The Bertz CT molecular complexity index is 986. The number of allylic oxidation sites excluding steroid dienone is 2. The van der Waals surface area contributed by atoms with Gasteiger partial charge in [0.25, 0.3) is 0 Å². The maximum absolute atomic E-state index is 13.1. The van der Waals surface area contributed by atoms with Crippen LogP contribution in [-0.2, 0) is 6.18 Å². The Kier molecular flexibility index (Phi) is 3.02. The Hall–Kier alpha value is -2.84. The van der Waals surface area contributed by atoms with E-state index in [2.05, 4.69) is 20.6 Å². The molecule has 134 valence electrons. The van der Waals surface area contributed by atoms with Gasteiger partial charge in [0.05, 0.1) is 12.1 Å². The maximum atomic E-state index is 13.1. The van der Waals surface area contributed by atoms with Crippen molar-refractivity contribution in [1.82, 2.24) is 25.2 Å². The lowest BCUT2D eigenvalue weighted by Crippen LogP contribution is -2.32. The Balaban J connectivity index is 1.68. The Morgan fingerprint density at radius 2 is 1.88 bits per heavy atom. The first-order chi connectivity index (χ1) is 12.4. The van der Waals surface area contributed by atoms with Crippen LogP contribution in [0.25, 0.3) is 16.9 Å². The molecule has 2 aromatic heterocycles. The number of carbonyl (C=O) groups excluding carboxylic acids is 1. The SMILES string of the molecule is O=C1NC2C=CC(n3c(C4CC4)nc4ccc(C(F)(F)F)nc43)=CC2N1. The molecule has 9 heteroatoms. The van der Waals surface area contributed by atoms with Crippen molar-refractivity contribution in [2.45, 2.75) is 37.0 Å². The number of hydrogen-bond donors (Lipinski definition) is 2. The first-order valence-corrected chi connectivity index (χ1v) is 8.34. The average Bonchev–Trinajstić information content (AvgIpc) is 3.25. The number of pyridine rings is 1. The monoisotopic (exact) mass is 361 g/mol. The molecule has 2 amide bonds. The minimum Gasteiger partial charge on any atom is -0.330 e. The van der Waals surface area contributed by atoms with Gasteiger partial charge in [-0.15, -0.1) is 0 Å². The molecule has 1 saturated carbocycles. The first-order valence-electron chi connectivity index (χ1n) is 8.34. The van der Waals surface area contributed by atoms with Crippen molar-refractivity contribution in [1.29, 1.82) is 0 Å². The van der Waals surface area contributed by atoms with E-state index in [1.165, 1.54) is 6.07 Å². The number of alkyl halides is 3. The first kappa shape index (κ1) is 15.4. The number of imidazole rings is 1. The Morgan fingerprint density at radius 1 is 1.12 bits per heavy atom. The summed E-state index contributed by atoms with van der Waals surface area (Å²) in [5, 5.41) is 5.55. The van der Waals surface area contributed by atoms with E-state index in [0.29, 0.717) is 11.2 Å². The molecular weight excluding hydrogens is 347 g/mol. The second kappa shape index (κ2) is 5.09. The van der Waals surface area contributed by atoms with E-state index in [0.717, 1.165) is 24.7 Å². The van der Waals surface area contributed by atoms with Crippen LogP contribution in [0.1, 0.15) is 30.3 Å². The zero-order valence-electron chi connectivity index (χ0n) is 13.4. The number of amides is 2. The standard InChI is InChI=1S/C17H14F3N5O/c18-17(19,20)13-6-5-11-15(24-13)25(14(21-11)8-1-2-8)9-3-4-10-12(7-9)23-16(26)22-10/h3-8,10,12H,1-2H2,(H2,22,23,26). The van der Waals surface area contributed by atoms with Gasteiger partial charge in [0, 0.05) is 11.6 Å². The van der Waals surface area contributed by atoms with Crippen LogP contribution in [-0.4, -0.2) is 32.6 Å². The highest BCUT2D eigenvalue weighted by Gasteiger charge is 2.36. The second-order valence-corrected chi connectivity index (χ2v) is 6.74. The van der Waals surface area contributed by atoms with Gasteiger partial charge in [-0.1, -0.05) is 6.08 Å². The summed E-state index contributed by atoms with van der Waals surface area (Å²) in [7, 11) is 0. The molecule has 26 heavy (non-hydrogen) atoms. The summed E-state index contributed by atoms with van der Waals surface area (Å²) in [5.41, 5.74) is 0.354. The van der Waals surface area contributed by atoms with Gasteiger partial charge in [-0.3, -0.25) is 4.57 Å². The van der Waals surface area contributed by atoms with Crippen LogP contribution in [0.5, 0.6) is 0 Å². The lowest BCUT2D eigenvalue weighted by atomic mass is 10.0. The van der Waals surface area contributed by atoms with Gasteiger partial charge in [-0.25, -0.2) is 14.8 Å². The Labute approximate surface area is 145 Å². The molecule has 1 aliphatic heterocycles. The lowest BCUT2D eigenvalue weighted by Gasteiger charge is -2.19. The molecule has 3 heterocycles. The van der Waals surface area contributed by atoms with Gasteiger partial charge >= 0.3 is 12.2 Å². The quantitative estimate of drug-likeness (QED) is 0.864. The van der Waals surface area contributed by atoms with E-state index >= 15 is 0 Å². The van der Waals surface area contributed by atoms with Crippen molar-refractivity contribution in [3.05, 3.63) is 41.9 Å². The molecule has 6 nitrogen and oxygen atoms in total. The van der Waals surface area contributed by atoms with Gasteiger partial charge in [0.1, 0.15) is 17.0 Å². The smallest absolute Gasteiger partial charge is 0.330 e. The highest BCUT2D eigenvalue weighted by Crippen LogP contribution is 2.42. The fourth-order valence-electron chi connectivity index (χ4n) is 3.43. The Morgan fingerprint density at radius 3 is 2.62 bits per heavy atom. The van der Waals surface area contributed by atoms with E-state index in [-0.39, 0.29) is 29.7 Å². The number of aromatic nitrogens is 3. The summed E-state index contributed by atoms with van der Waals surface area (Å²) in [6.07, 6.45) is 2.84. The highest BCUT2D eigenvalue weighted by atomic mass is 19.4. The number of nitrogens with zero attached hydrogens (tertiary/aromatic N) is 3. The van der Waals surface area contributed by atoms with Crippen molar-refractivity contribution in [2.24, 2.45) is 0 Å². The van der Waals surface area contributed by atoms with Gasteiger partial charge in [-0.2, -0.15) is 13.2 Å². The third kappa shape index (κ3) is 2.38. The number of hydrogen-bond acceptors (Lipinski definition) is 3. The van der Waals surface area contributed by atoms with Crippen molar-refractivity contribution in [3.8, 4) is 0 Å². The van der Waals surface area contributed by atoms with E-state index in [1.807, 2.05) is 12.2 Å². The van der Waals surface area contributed by atoms with Crippen molar-refractivity contribution in [3.63, 3.8) is 0 Å². The van der Waals surface area contributed by atoms with Crippen LogP contribution in [0, 0.1) is 0 Å². The molecule has 2 N–H and O–H groups in total. The fourth-order valence-corrected chi connectivity index (χ4v) is 3.43. The predicted molar refractivity (Wildman–Crippen MR) is 87.2 cm³/mol. The summed E-state index contributed by atoms with van der Waals surface area (Å²) in [6, 6.07) is 1.64.